The van der Waals surface area contributed by atoms with Gasteiger partial charge in [0.15, 0.2) is 0 Å². The third kappa shape index (κ3) is 1.04. The summed E-state index contributed by atoms with van der Waals surface area (Å²) in [7, 11) is 0. The second-order valence-corrected chi connectivity index (χ2v) is 3.34. The number of hydrogen-bond acceptors (Lipinski definition) is 3. The molecule has 1 aromatic rings. The Kier molecular flexibility index (Phi) is 1.86. The number of nitrogens with zero attached hydrogens (tertiary/aromatic N) is 2. The smallest absolute Gasteiger partial charge is 0.0952 e. The molecule has 0 atom stereocenters. The monoisotopic (exact) mass is 166 g/mol. The van der Waals surface area contributed by atoms with E-state index in [1.807, 2.05) is 18.7 Å². The molecule has 0 spiro atoms. The van der Waals surface area contributed by atoms with Gasteiger partial charge in [0.1, 0.15) is 0 Å². The molecule has 0 saturated carbocycles. The Labute approximate surface area is 71.8 Å². The van der Waals surface area contributed by atoms with E-state index >= 15 is 0 Å². The fraction of sp³-hybridized carbons (Fsp3) is 0.625. The van der Waals surface area contributed by atoms with E-state index in [9.17, 15) is 0 Å². The van der Waals surface area contributed by atoms with Crippen LogP contribution in [0.2, 0.25) is 0 Å². The molecule has 2 heterocycles. The first-order valence-electron chi connectivity index (χ1n) is 4.27. The predicted octanol–water partition coefficient (Wildman–Crippen LogP) is -0.470. The second-order valence-electron chi connectivity index (χ2n) is 3.34. The van der Waals surface area contributed by atoms with Crippen molar-refractivity contribution in [3.05, 3.63) is 18.7 Å². The lowest BCUT2D eigenvalue weighted by atomic mass is 9.88. The lowest BCUT2D eigenvalue weighted by Gasteiger charge is -2.43. The fourth-order valence-electron chi connectivity index (χ4n) is 1.71. The van der Waals surface area contributed by atoms with E-state index in [0.717, 1.165) is 26.1 Å². The van der Waals surface area contributed by atoms with E-state index in [2.05, 4.69) is 14.9 Å². The number of nitrogens with two attached hydrogens (primary N) is 1. The Hall–Kier alpha value is -0.870. The van der Waals surface area contributed by atoms with Gasteiger partial charge in [-0.25, -0.2) is 4.98 Å². The van der Waals surface area contributed by atoms with Crippen LogP contribution in [0.1, 0.15) is 6.42 Å². The minimum Gasteiger partial charge on any atom is -0.330 e. The summed E-state index contributed by atoms with van der Waals surface area (Å²) >= 11 is 0. The van der Waals surface area contributed by atoms with Gasteiger partial charge < -0.3 is 15.6 Å². The Bertz CT molecular complexity index is 238. The van der Waals surface area contributed by atoms with Crippen LogP contribution < -0.4 is 11.1 Å². The van der Waals surface area contributed by atoms with Gasteiger partial charge in [-0.3, -0.25) is 0 Å². The molecule has 66 valence electrons. The van der Waals surface area contributed by atoms with Crippen molar-refractivity contribution in [3.8, 4) is 0 Å². The van der Waals surface area contributed by atoms with Crippen LogP contribution in [-0.2, 0) is 5.54 Å². The third-order valence-electron chi connectivity index (χ3n) is 2.57. The quantitative estimate of drug-likeness (QED) is 0.638. The Morgan fingerprint density at radius 3 is 2.83 bits per heavy atom. The van der Waals surface area contributed by atoms with Crippen LogP contribution >= 0.6 is 0 Å². The highest BCUT2D eigenvalue weighted by Crippen LogP contribution is 2.24. The molecular formula is C8H14N4. The van der Waals surface area contributed by atoms with Gasteiger partial charge in [-0.1, -0.05) is 0 Å². The molecule has 4 nitrogen and oxygen atoms in total. The van der Waals surface area contributed by atoms with Gasteiger partial charge in [-0.05, 0) is 13.0 Å². The van der Waals surface area contributed by atoms with E-state index in [-0.39, 0.29) is 5.54 Å². The van der Waals surface area contributed by atoms with Crippen LogP contribution in [-0.4, -0.2) is 29.2 Å². The number of hydrogen-bond donors (Lipinski definition) is 2. The first-order valence-corrected chi connectivity index (χ1v) is 4.27. The zero-order valence-corrected chi connectivity index (χ0v) is 7.03. The lowest BCUT2D eigenvalue weighted by molar-refractivity contribution is 0.163. The molecule has 2 rings (SSSR count). The van der Waals surface area contributed by atoms with Gasteiger partial charge in [0.05, 0.1) is 11.9 Å². The average Bonchev–Trinajstić information content (AvgIpc) is 2.48. The molecule has 0 aliphatic carbocycles. The SMILES string of the molecule is NCCC1(n2ccnc2)CNC1. The maximum Gasteiger partial charge on any atom is 0.0952 e. The van der Waals surface area contributed by atoms with Crippen LogP contribution in [0.15, 0.2) is 18.7 Å². The summed E-state index contributed by atoms with van der Waals surface area (Å²) < 4.78 is 2.16. The van der Waals surface area contributed by atoms with Crippen molar-refractivity contribution in [2.75, 3.05) is 19.6 Å². The Morgan fingerprint density at radius 1 is 1.58 bits per heavy atom. The lowest BCUT2D eigenvalue weighted by Crippen LogP contribution is -2.60. The zero-order valence-electron chi connectivity index (χ0n) is 7.03. The van der Waals surface area contributed by atoms with Crippen molar-refractivity contribution in [2.24, 2.45) is 5.73 Å². The summed E-state index contributed by atoms with van der Waals surface area (Å²) in [5.41, 5.74) is 5.78. The van der Waals surface area contributed by atoms with Crippen LogP contribution in [0.25, 0.3) is 0 Å². The van der Waals surface area contributed by atoms with Gasteiger partial charge in [0, 0.05) is 25.5 Å². The Morgan fingerprint density at radius 2 is 2.42 bits per heavy atom. The summed E-state index contributed by atoms with van der Waals surface area (Å²) in [5, 5.41) is 3.27. The molecule has 0 aromatic carbocycles. The van der Waals surface area contributed by atoms with Crippen molar-refractivity contribution in [1.29, 1.82) is 0 Å². The summed E-state index contributed by atoms with van der Waals surface area (Å²) in [6.45, 7) is 2.76. The van der Waals surface area contributed by atoms with Gasteiger partial charge in [-0.2, -0.15) is 0 Å². The van der Waals surface area contributed by atoms with E-state index in [1.165, 1.54) is 0 Å². The average molecular weight is 166 g/mol. The van der Waals surface area contributed by atoms with Crippen molar-refractivity contribution >= 4 is 0 Å². The van der Waals surface area contributed by atoms with Crippen molar-refractivity contribution in [1.82, 2.24) is 14.9 Å². The van der Waals surface area contributed by atoms with Gasteiger partial charge in [0.25, 0.3) is 0 Å². The van der Waals surface area contributed by atoms with Gasteiger partial charge in [-0.15, -0.1) is 0 Å². The third-order valence-corrected chi connectivity index (χ3v) is 2.57. The van der Waals surface area contributed by atoms with E-state index in [1.54, 1.807) is 0 Å². The highest BCUT2D eigenvalue weighted by atomic mass is 15.2. The number of imidazole rings is 1. The molecule has 1 fully saturated rings. The summed E-state index contributed by atoms with van der Waals surface area (Å²) in [6, 6.07) is 0. The molecule has 1 aliphatic heterocycles. The highest BCUT2D eigenvalue weighted by Gasteiger charge is 2.37. The number of aromatic nitrogens is 2. The summed E-state index contributed by atoms with van der Waals surface area (Å²) in [5.74, 6) is 0. The largest absolute Gasteiger partial charge is 0.330 e. The first kappa shape index (κ1) is 7.76. The number of rotatable bonds is 3. The summed E-state index contributed by atoms with van der Waals surface area (Å²) in [4.78, 5) is 4.05. The molecule has 0 unspecified atom stereocenters. The van der Waals surface area contributed by atoms with Crippen LogP contribution in [0.4, 0.5) is 0 Å². The molecular weight excluding hydrogens is 152 g/mol. The molecule has 1 aromatic heterocycles. The molecule has 1 saturated heterocycles. The summed E-state index contributed by atoms with van der Waals surface area (Å²) in [6.07, 6.45) is 6.72. The van der Waals surface area contributed by atoms with Gasteiger partial charge >= 0.3 is 0 Å². The standard InChI is InChI=1S/C8H14N4/c9-2-1-8(5-11-6-8)12-4-3-10-7-12/h3-4,7,11H,1-2,5-6,9H2. The Balaban J connectivity index is 2.17. The predicted molar refractivity (Wildman–Crippen MR) is 46.7 cm³/mol. The van der Waals surface area contributed by atoms with Crippen molar-refractivity contribution < 1.29 is 0 Å². The molecule has 12 heavy (non-hydrogen) atoms. The number of nitrogens with one attached hydrogen (secondary N) is 1. The van der Waals surface area contributed by atoms with Gasteiger partial charge in [0.2, 0.25) is 0 Å². The zero-order chi connectivity index (χ0) is 8.44. The topological polar surface area (TPSA) is 55.9 Å². The first-order chi connectivity index (χ1) is 5.87. The molecule has 0 radical (unpaired) electrons. The van der Waals surface area contributed by atoms with E-state index in [0.29, 0.717) is 0 Å². The minimum atomic E-state index is 0.214. The van der Waals surface area contributed by atoms with E-state index < -0.39 is 0 Å². The van der Waals surface area contributed by atoms with Crippen LogP contribution in [0.5, 0.6) is 0 Å². The maximum absolute atomic E-state index is 5.57. The maximum atomic E-state index is 5.57. The highest BCUT2D eigenvalue weighted by molar-refractivity contribution is 5.01. The molecule has 0 amide bonds. The molecule has 3 N–H and O–H groups in total. The minimum absolute atomic E-state index is 0.214. The second kappa shape index (κ2) is 2.88. The van der Waals surface area contributed by atoms with E-state index in [4.69, 9.17) is 5.73 Å². The van der Waals surface area contributed by atoms with Crippen LogP contribution in [0.3, 0.4) is 0 Å². The van der Waals surface area contributed by atoms with Crippen LogP contribution in [0, 0.1) is 0 Å². The fourth-order valence-corrected chi connectivity index (χ4v) is 1.71. The molecule has 4 heteroatoms. The van der Waals surface area contributed by atoms with Crippen molar-refractivity contribution in [2.45, 2.75) is 12.0 Å². The molecule has 1 aliphatic rings. The molecule has 0 bridgehead atoms. The van der Waals surface area contributed by atoms with Crippen molar-refractivity contribution in [3.63, 3.8) is 0 Å². The normalized spacial score (nSPS) is 20.4.